The highest BCUT2D eigenvalue weighted by Crippen LogP contribution is 2.38. The lowest BCUT2D eigenvalue weighted by atomic mass is 9.76. The number of nitrogens with zero attached hydrogens (tertiary/aromatic N) is 2. The van der Waals surface area contributed by atoms with E-state index in [1.54, 1.807) is 24.1 Å². The Morgan fingerprint density at radius 2 is 1.96 bits per heavy atom. The van der Waals surface area contributed by atoms with E-state index in [1.165, 1.54) is 31.3 Å². The third-order valence-corrected chi connectivity index (χ3v) is 6.10. The lowest BCUT2D eigenvalue weighted by molar-refractivity contribution is 0.0280. The molecule has 1 aliphatic rings. The van der Waals surface area contributed by atoms with Gasteiger partial charge in [0.1, 0.15) is 0 Å². The Morgan fingerprint density at radius 1 is 1.31 bits per heavy atom. The molecule has 1 heterocycles. The van der Waals surface area contributed by atoms with E-state index in [-0.39, 0.29) is 16.7 Å². The highest BCUT2D eigenvalue weighted by molar-refractivity contribution is 7.89. The van der Waals surface area contributed by atoms with Crippen molar-refractivity contribution in [2.24, 2.45) is 13.0 Å². The van der Waals surface area contributed by atoms with Gasteiger partial charge in [-0.2, -0.15) is 5.10 Å². The summed E-state index contributed by atoms with van der Waals surface area (Å²) in [7, 11) is -0.507. The number of hydrogen-bond donors (Lipinski definition) is 3. The molecule has 1 fully saturated rings. The van der Waals surface area contributed by atoms with E-state index in [1.807, 2.05) is 0 Å². The molecule has 3 N–H and O–H groups in total. The minimum Gasteiger partial charge on any atom is -0.393 e. The van der Waals surface area contributed by atoms with Crippen LogP contribution in [-0.2, 0) is 17.1 Å². The third-order valence-electron chi connectivity index (χ3n) is 4.64. The number of amides is 1. The van der Waals surface area contributed by atoms with Gasteiger partial charge in [0.25, 0.3) is 5.91 Å². The Labute approximate surface area is 152 Å². The zero-order valence-electron chi connectivity index (χ0n) is 14.6. The molecule has 0 spiro atoms. The molecule has 0 unspecified atom stereocenters. The van der Waals surface area contributed by atoms with Crippen molar-refractivity contribution < 1.29 is 18.3 Å². The number of aromatic nitrogens is 2. The largest absolute Gasteiger partial charge is 0.393 e. The van der Waals surface area contributed by atoms with Crippen molar-refractivity contribution in [3.8, 4) is 0 Å². The van der Waals surface area contributed by atoms with Crippen molar-refractivity contribution in [2.45, 2.75) is 29.9 Å². The quantitative estimate of drug-likeness (QED) is 0.680. The molecule has 0 saturated heterocycles. The van der Waals surface area contributed by atoms with Crippen molar-refractivity contribution in [3.63, 3.8) is 0 Å². The molecule has 1 aromatic heterocycles. The number of benzene rings is 1. The first-order valence-corrected chi connectivity index (χ1v) is 9.79. The molecular weight excluding hydrogens is 356 g/mol. The predicted octanol–water partition coefficient (Wildman–Crippen LogP) is 0.570. The minimum absolute atomic E-state index is 0.00844. The van der Waals surface area contributed by atoms with Gasteiger partial charge in [-0.15, -0.1) is 0 Å². The lowest BCUT2D eigenvalue weighted by Gasteiger charge is -2.37. The van der Waals surface area contributed by atoms with Gasteiger partial charge in [0.15, 0.2) is 0 Å². The Hall–Kier alpha value is -2.23. The normalized spacial score (nSPS) is 21.0. The van der Waals surface area contributed by atoms with Crippen LogP contribution in [0.3, 0.4) is 0 Å². The molecule has 140 valence electrons. The van der Waals surface area contributed by atoms with E-state index in [2.05, 4.69) is 15.1 Å². The third kappa shape index (κ3) is 3.79. The van der Waals surface area contributed by atoms with Gasteiger partial charge in [0, 0.05) is 31.4 Å². The first-order chi connectivity index (χ1) is 12.3. The average Bonchev–Trinajstić information content (AvgIpc) is 3.03. The summed E-state index contributed by atoms with van der Waals surface area (Å²) >= 11 is 0. The maximum Gasteiger partial charge on any atom is 0.251 e. The van der Waals surface area contributed by atoms with Gasteiger partial charge in [-0.3, -0.25) is 9.48 Å². The number of hydrogen-bond acceptors (Lipinski definition) is 5. The topological polar surface area (TPSA) is 113 Å². The Kier molecular flexibility index (Phi) is 5.12. The number of carbonyl (C=O) groups excluding carboxylic acids is 1. The zero-order valence-corrected chi connectivity index (χ0v) is 15.4. The van der Waals surface area contributed by atoms with E-state index < -0.39 is 22.2 Å². The number of sulfonamides is 1. The van der Waals surface area contributed by atoms with Crippen LogP contribution >= 0.6 is 0 Å². The molecule has 1 aliphatic carbocycles. The molecule has 1 saturated carbocycles. The van der Waals surface area contributed by atoms with E-state index in [4.69, 9.17) is 0 Å². The van der Waals surface area contributed by atoms with E-state index >= 15 is 0 Å². The van der Waals surface area contributed by atoms with Gasteiger partial charge in [-0.1, -0.05) is 0 Å². The number of aliphatic hydroxyl groups excluding tert-OH is 1. The molecule has 0 aliphatic heterocycles. The second-order valence-corrected chi connectivity index (χ2v) is 8.25. The van der Waals surface area contributed by atoms with E-state index in [0.29, 0.717) is 18.4 Å². The zero-order chi connectivity index (χ0) is 18.9. The molecule has 1 atom stereocenters. The van der Waals surface area contributed by atoms with Gasteiger partial charge < -0.3 is 10.4 Å². The van der Waals surface area contributed by atoms with Crippen LogP contribution < -0.4 is 10.0 Å². The summed E-state index contributed by atoms with van der Waals surface area (Å²) in [6.45, 7) is 0. The summed E-state index contributed by atoms with van der Waals surface area (Å²) in [4.78, 5) is 11.7. The fourth-order valence-corrected chi connectivity index (χ4v) is 4.40. The molecular formula is C17H22N4O4S. The van der Waals surface area contributed by atoms with Crippen LogP contribution in [0.2, 0.25) is 0 Å². The van der Waals surface area contributed by atoms with Gasteiger partial charge in [-0.05, 0) is 43.0 Å². The van der Waals surface area contributed by atoms with Crippen molar-refractivity contribution in [1.29, 1.82) is 0 Å². The van der Waals surface area contributed by atoms with Crippen LogP contribution in [-0.4, -0.2) is 42.4 Å². The molecule has 0 bridgehead atoms. The van der Waals surface area contributed by atoms with Crippen molar-refractivity contribution in [1.82, 2.24) is 19.8 Å². The fraction of sp³-hybridized carbons (Fsp3) is 0.412. The molecule has 9 heteroatoms. The number of aliphatic hydroxyl groups is 1. The predicted molar refractivity (Wildman–Crippen MR) is 94.8 cm³/mol. The van der Waals surface area contributed by atoms with Crippen LogP contribution in [0.15, 0.2) is 41.6 Å². The summed E-state index contributed by atoms with van der Waals surface area (Å²) in [5.74, 6) is -0.271. The van der Waals surface area contributed by atoms with E-state index in [0.717, 1.165) is 5.56 Å². The smallest absolute Gasteiger partial charge is 0.251 e. The Balaban J connectivity index is 1.84. The van der Waals surface area contributed by atoms with Gasteiger partial charge >= 0.3 is 0 Å². The lowest BCUT2D eigenvalue weighted by Crippen LogP contribution is -2.41. The monoisotopic (exact) mass is 378 g/mol. The number of rotatable bonds is 6. The fourth-order valence-electron chi connectivity index (χ4n) is 3.10. The summed E-state index contributed by atoms with van der Waals surface area (Å²) < 4.78 is 29.9. The molecule has 1 aromatic carbocycles. The molecule has 1 amide bonds. The second kappa shape index (κ2) is 7.18. The highest BCUT2D eigenvalue weighted by atomic mass is 32.2. The number of carbonyl (C=O) groups is 1. The maximum absolute atomic E-state index is 12.8. The van der Waals surface area contributed by atoms with Crippen molar-refractivity contribution in [3.05, 3.63) is 47.8 Å². The highest BCUT2D eigenvalue weighted by Gasteiger charge is 2.37. The molecule has 3 rings (SSSR count). The second-order valence-electron chi connectivity index (χ2n) is 6.54. The Bertz CT molecular complexity index is 886. The van der Waals surface area contributed by atoms with Crippen molar-refractivity contribution >= 4 is 15.9 Å². The van der Waals surface area contributed by atoms with E-state index in [9.17, 15) is 18.3 Å². The summed E-state index contributed by atoms with van der Waals surface area (Å²) in [6.07, 6.45) is 4.09. The molecule has 2 aromatic rings. The molecule has 0 radical (unpaired) electrons. The standard InChI is InChI=1S/C17H22N4O4S/c1-18-17(23)11-3-5-15(6-4-11)26(24,25)20-16(12-7-14(22)8-12)13-9-19-21(2)10-13/h3-6,9-10,12,14,16,20,22H,7-8H2,1-2H3,(H,18,23)/t12?,14?,16-/m1/s1. The van der Waals surface area contributed by atoms with Gasteiger partial charge in [0.05, 0.1) is 23.2 Å². The first-order valence-electron chi connectivity index (χ1n) is 8.31. The van der Waals surface area contributed by atoms with Crippen LogP contribution in [0.5, 0.6) is 0 Å². The Morgan fingerprint density at radius 3 is 2.46 bits per heavy atom. The van der Waals surface area contributed by atoms with Crippen LogP contribution in [0, 0.1) is 5.92 Å². The maximum atomic E-state index is 12.8. The average molecular weight is 378 g/mol. The van der Waals surface area contributed by atoms with Crippen molar-refractivity contribution in [2.75, 3.05) is 7.05 Å². The number of nitrogens with one attached hydrogen (secondary N) is 2. The first kappa shape index (κ1) is 18.6. The summed E-state index contributed by atoms with van der Waals surface area (Å²) in [6, 6.07) is 5.29. The van der Waals surface area contributed by atoms with Gasteiger partial charge in [-0.25, -0.2) is 13.1 Å². The van der Waals surface area contributed by atoms with Crippen LogP contribution in [0.25, 0.3) is 0 Å². The molecule has 8 nitrogen and oxygen atoms in total. The SMILES string of the molecule is CNC(=O)c1ccc(S(=O)(=O)N[C@@H](c2cnn(C)c2)C2CC(O)C2)cc1. The van der Waals surface area contributed by atoms with Crippen LogP contribution in [0.1, 0.15) is 34.8 Å². The summed E-state index contributed by atoms with van der Waals surface area (Å²) in [5, 5.41) is 16.2. The molecule has 26 heavy (non-hydrogen) atoms. The van der Waals surface area contributed by atoms with Crippen LogP contribution in [0.4, 0.5) is 0 Å². The summed E-state index contributed by atoms with van der Waals surface area (Å²) in [5.41, 5.74) is 1.15. The van der Waals surface area contributed by atoms with Gasteiger partial charge in [0.2, 0.25) is 10.0 Å². The minimum atomic E-state index is -3.79. The number of aryl methyl sites for hydroxylation is 1.